The second-order valence-corrected chi connectivity index (χ2v) is 5.22. The molecule has 0 saturated carbocycles. The van der Waals surface area contributed by atoms with Crippen molar-refractivity contribution in [3.63, 3.8) is 0 Å². The third-order valence-corrected chi connectivity index (χ3v) is 3.33. The normalized spacial score (nSPS) is 10.8. The summed E-state index contributed by atoms with van der Waals surface area (Å²) in [4.78, 5) is 2.37. The van der Waals surface area contributed by atoms with E-state index in [1.807, 2.05) is 12.1 Å². The van der Waals surface area contributed by atoms with E-state index in [1.54, 1.807) is 7.11 Å². The van der Waals surface area contributed by atoms with Crippen LogP contribution in [0.4, 0.5) is 0 Å². The molecule has 1 rings (SSSR count). The van der Waals surface area contributed by atoms with E-state index in [9.17, 15) is 0 Å². The first-order valence-electron chi connectivity index (χ1n) is 5.32. The summed E-state index contributed by atoms with van der Waals surface area (Å²) in [5.74, 6) is 0.955. The minimum absolute atomic E-state index is 0.921. The van der Waals surface area contributed by atoms with Crippen LogP contribution in [-0.2, 0) is 6.54 Å². The molecule has 0 spiro atoms. The number of hydrogen-bond donors (Lipinski definition) is 0. The summed E-state index contributed by atoms with van der Waals surface area (Å²) in [6.07, 6.45) is 0. The van der Waals surface area contributed by atoms with Crippen LogP contribution >= 0.6 is 31.9 Å². The molecule has 16 heavy (non-hydrogen) atoms. The number of halogens is 2. The van der Waals surface area contributed by atoms with Gasteiger partial charge in [-0.3, -0.25) is 4.90 Å². The van der Waals surface area contributed by atoms with E-state index in [0.29, 0.717) is 0 Å². The lowest BCUT2D eigenvalue weighted by Crippen LogP contribution is -2.25. The van der Waals surface area contributed by atoms with Crippen molar-refractivity contribution in [2.24, 2.45) is 0 Å². The Morgan fingerprint density at radius 2 is 2.12 bits per heavy atom. The summed E-state index contributed by atoms with van der Waals surface area (Å²) in [5, 5.41) is 0.997. The summed E-state index contributed by atoms with van der Waals surface area (Å²) < 4.78 is 6.46. The van der Waals surface area contributed by atoms with E-state index >= 15 is 0 Å². The zero-order valence-corrected chi connectivity index (χ0v) is 12.8. The molecule has 0 atom stereocenters. The van der Waals surface area contributed by atoms with Crippen molar-refractivity contribution >= 4 is 31.9 Å². The highest BCUT2D eigenvalue weighted by atomic mass is 79.9. The minimum atomic E-state index is 0.921. The van der Waals surface area contributed by atoms with Gasteiger partial charge in [0.25, 0.3) is 0 Å². The Morgan fingerprint density at radius 3 is 2.69 bits per heavy atom. The molecule has 2 nitrogen and oxygen atoms in total. The van der Waals surface area contributed by atoms with Crippen molar-refractivity contribution in [3.05, 3.63) is 28.2 Å². The zero-order chi connectivity index (χ0) is 12.0. The highest BCUT2D eigenvalue weighted by Crippen LogP contribution is 2.24. The first-order valence-corrected chi connectivity index (χ1v) is 7.23. The predicted octanol–water partition coefficient (Wildman–Crippen LogP) is 3.67. The van der Waals surface area contributed by atoms with Crippen molar-refractivity contribution in [2.45, 2.75) is 13.5 Å². The Bertz CT molecular complexity index is 331. The molecule has 0 aliphatic carbocycles. The lowest BCUT2D eigenvalue weighted by molar-refractivity contribution is 0.292. The van der Waals surface area contributed by atoms with Gasteiger partial charge in [0.15, 0.2) is 0 Å². The molecule has 0 fully saturated rings. The van der Waals surface area contributed by atoms with Gasteiger partial charge in [0, 0.05) is 28.5 Å². The monoisotopic (exact) mass is 349 g/mol. The zero-order valence-electron chi connectivity index (χ0n) is 9.67. The number of ether oxygens (including phenoxy) is 1. The van der Waals surface area contributed by atoms with Crippen LogP contribution in [0, 0.1) is 0 Å². The smallest absolute Gasteiger partial charge is 0.123 e. The molecule has 0 saturated heterocycles. The summed E-state index contributed by atoms with van der Waals surface area (Å²) in [7, 11) is 1.72. The molecule has 0 heterocycles. The van der Waals surface area contributed by atoms with Gasteiger partial charge in [0.05, 0.1) is 7.11 Å². The summed E-state index contributed by atoms with van der Waals surface area (Å²) in [6, 6.07) is 6.13. The van der Waals surface area contributed by atoms with Crippen molar-refractivity contribution in [1.82, 2.24) is 4.90 Å². The number of nitrogens with zero attached hydrogens (tertiary/aromatic N) is 1. The van der Waals surface area contributed by atoms with Crippen molar-refractivity contribution in [2.75, 3.05) is 25.5 Å². The third kappa shape index (κ3) is 4.07. The average Bonchev–Trinajstić information content (AvgIpc) is 2.29. The van der Waals surface area contributed by atoms with Crippen LogP contribution in [0.5, 0.6) is 5.75 Å². The molecular weight excluding hydrogens is 334 g/mol. The molecule has 1 aromatic carbocycles. The molecule has 0 N–H and O–H groups in total. The van der Waals surface area contributed by atoms with Crippen LogP contribution in [0.15, 0.2) is 22.7 Å². The molecule has 0 amide bonds. The summed E-state index contributed by atoms with van der Waals surface area (Å²) >= 11 is 6.97. The number of rotatable bonds is 6. The van der Waals surface area contributed by atoms with E-state index in [-0.39, 0.29) is 0 Å². The Labute approximate surface area is 114 Å². The fourth-order valence-corrected chi connectivity index (χ4v) is 2.49. The average molecular weight is 351 g/mol. The molecule has 0 radical (unpaired) electrons. The van der Waals surface area contributed by atoms with Crippen molar-refractivity contribution in [1.29, 1.82) is 0 Å². The Kier molecular flexibility index (Phi) is 6.39. The van der Waals surface area contributed by atoms with Crippen molar-refractivity contribution < 1.29 is 4.74 Å². The standard InChI is InChI=1S/C12H17Br2NO/c1-3-15(7-6-13)9-10-8-11(14)4-5-12(10)16-2/h4-5,8H,3,6-7,9H2,1-2H3. The summed E-state index contributed by atoms with van der Waals surface area (Å²) in [6.45, 7) is 5.19. The van der Waals surface area contributed by atoms with Gasteiger partial charge in [-0.25, -0.2) is 0 Å². The maximum atomic E-state index is 5.36. The number of benzene rings is 1. The van der Waals surface area contributed by atoms with Crippen LogP contribution in [0.1, 0.15) is 12.5 Å². The topological polar surface area (TPSA) is 12.5 Å². The lowest BCUT2D eigenvalue weighted by Gasteiger charge is -2.20. The second kappa shape index (κ2) is 7.30. The largest absolute Gasteiger partial charge is 0.496 e. The van der Waals surface area contributed by atoms with Gasteiger partial charge < -0.3 is 4.74 Å². The van der Waals surface area contributed by atoms with Crippen LogP contribution in [-0.4, -0.2) is 30.4 Å². The van der Waals surface area contributed by atoms with Gasteiger partial charge in [0.1, 0.15) is 5.75 Å². The van der Waals surface area contributed by atoms with Gasteiger partial charge in [0.2, 0.25) is 0 Å². The molecule has 0 unspecified atom stereocenters. The molecule has 0 bridgehead atoms. The minimum Gasteiger partial charge on any atom is -0.496 e. The highest BCUT2D eigenvalue weighted by molar-refractivity contribution is 9.10. The van der Waals surface area contributed by atoms with E-state index in [1.165, 1.54) is 5.56 Å². The first kappa shape index (κ1) is 14.0. The van der Waals surface area contributed by atoms with Gasteiger partial charge >= 0.3 is 0 Å². The molecule has 0 aliphatic heterocycles. The quantitative estimate of drug-likeness (QED) is 0.726. The SMILES string of the molecule is CCN(CCBr)Cc1cc(Br)ccc1OC. The van der Waals surface area contributed by atoms with Gasteiger partial charge in [-0.15, -0.1) is 0 Å². The van der Waals surface area contributed by atoms with Gasteiger partial charge in [-0.05, 0) is 24.7 Å². The molecule has 90 valence electrons. The molecule has 1 aromatic rings. The molecule has 4 heteroatoms. The van der Waals surface area contributed by atoms with Crippen LogP contribution < -0.4 is 4.74 Å². The molecule has 0 aromatic heterocycles. The van der Waals surface area contributed by atoms with Gasteiger partial charge in [-0.1, -0.05) is 38.8 Å². The van der Waals surface area contributed by atoms with Crippen LogP contribution in [0.25, 0.3) is 0 Å². The summed E-state index contributed by atoms with van der Waals surface area (Å²) in [5.41, 5.74) is 1.22. The maximum Gasteiger partial charge on any atom is 0.123 e. The van der Waals surface area contributed by atoms with Crippen LogP contribution in [0.3, 0.4) is 0 Å². The van der Waals surface area contributed by atoms with E-state index in [4.69, 9.17) is 4.74 Å². The van der Waals surface area contributed by atoms with E-state index < -0.39 is 0 Å². The van der Waals surface area contributed by atoms with Crippen LogP contribution in [0.2, 0.25) is 0 Å². The Hall–Kier alpha value is -0.0600. The Balaban J connectivity index is 2.80. The number of methoxy groups -OCH3 is 1. The first-order chi connectivity index (χ1) is 7.71. The predicted molar refractivity (Wildman–Crippen MR) is 75.4 cm³/mol. The fourth-order valence-electron chi connectivity index (χ4n) is 1.58. The number of alkyl halides is 1. The Morgan fingerprint density at radius 1 is 1.38 bits per heavy atom. The molecule has 0 aliphatic rings. The van der Waals surface area contributed by atoms with E-state index in [0.717, 1.165) is 35.2 Å². The fraction of sp³-hybridized carbons (Fsp3) is 0.500. The third-order valence-electron chi connectivity index (χ3n) is 2.48. The second-order valence-electron chi connectivity index (χ2n) is 3.51. The lowest BCUT2D eigenvalue weighted by atomic mass is 10.2. The number of hydrogen-bond acceptors (Lipinski definition) is 2. The van der Waals surface area contributed by atoms with E-state index in [2.05, 4.69) is 49.7 Å². The maximum absolute atomic E-state index is 5.36. The van der Waals surface area contributed by atoms with Gasteiger partial charge in [-0.2, -0.15) is 0 Å². The molecular formula is C12H17Br2NO. The van der Waals surface area contributed by atoms with Crippen molar-refractivity contribution in [3.8, 4) is 5.75 Å². The highest BCUT2D eigenvalue weighted by Gasteiger charge is 2.08.